The number of anilines is 1. The van der Waals surface area contributed by atoms with Gasteiger partial charge in [0.15, 0.2) is 5.75 Å². The molecule has 0 fully saturated rings. The van der Waals surface area contributed by atoms with Gasteiger partial charge in [0.2, 0.25) is 5.95 Å². The van der Waals surface area contributed by atoms with Crippen LogP contribution in [0.1, 0.15) is 17.3 Å². The first-order valence-corrected chi connectivity index (χ1v) is 7.72. The van der Waals surface area contributed by atoms with Crippen molar-refractivity contribution in [2.45, 2.75) is 6.92 Å². The second kappa shape index (κ2) is 6.48. The van der Waals surface area contributed by atoms with Crippen molar-refractivity contribution < 1.29 is 9.53 Å². The predicted molar refractivity (Wildman–Crippen MR) is 91.7 cm³/mol. The fourth-order valence-corrected chi connectivity index (χ4v) is 2.75. The van der Waals surface area contributed by atoms with Crippen molar-refractivity contribution in [2.24, 2.45) is 0 Å². The van der Waals surface area contributed by atoms with Gasteiger partial charge in [0.05, 0.1) is 28.2 Å². The number of imidazole rings is 1. The molecule has 0 aliphatic rings. The number of halogens is 2. The average molecular weight is 350 g/mol. The molecule has 5 nitrogen and oxygen atoms in total. The Bertz CT molecular complexity index is 844. The molecule has 0 radical (unpaired) electrons. The lowest BCUT2D eigenvalue weighted by Crippen LogP contribution is -2.15. The molecule has 2 aromatic carbocycles. The highest BCUT2D eigenvalue weighted by atomic mass is 35.5. The number of rotatable bonds is 4. The topological polar surface area (TPSA) is 67.0 Å². The van der Waals surface area contributed by atoms with Gasteiger partial charge in [-0.3, -0.25) is 10.1 Å². The maximum Gasteiger partial charge on any atom is 0.261 e. The summed E-state index contributed by atoms with van der Waals surface area (Å²) in [5.74, 6) is 0.235. The molecular weight excluding hydrogens is 337 g/mol. The molecule has 0 unspecified atom stereocenters. The molecule has 1 aromatic heterocycles. The van der Waals surface area contributed by atoms with E-state index < -0.39 is 5.91 Å². The summed E-state index contributed by atoms with van der Waals surface area (Å²) in [5.41, 5.74) is 1.85. The second-order valence-electron chi connectivity index (χ2n) is 4.75. The number of carbonyl (C=O) groups excluding carboxylic acids is 1. The van der Waals surface area contributed by atoms with Crippen LogP contribution in [0.3, 0.4) is 0 Å². The molecule has 0 aliphatic carbocycles. The lowest BCUT2D eigenvalue weighted by atomic mass is 10.2. The normalized spacial score (nSPS) is 10.7. The van der Waals surface area contributed by atoms with Crippen molar-refractivity contribution in [3.63, 3.8) is 0 Å². The molecule has 1 heterocycles. The average Bonchev–Trinajstić information content (AvgIpc) is 2.91. The number of aromatic nitrogens is 2. The van der Waals surface area contributed by atoms with Gasteiger partial charge in [-0.25, -0.2) is 4.98 Å². The van der Waals surface area contributed by atoms with Crippen LogP contribution in [0.2, 0.25) is 10.0 Å². The Labute approximate surface area is 142 Å². The lowest BCUT2D eigenvalue weighted by Gasteiger charge is -2.12. The van der Waals surface area contributed by atoms with Gasteiger partial charge < -0.3 is 9.72 Å². The molecule has 0 saturated carbocycles. The third-order valence-corrected chi connectivity index (χ3v) is 3.66. The summed E-state index contributed by atoms with van der Waals surface area (Å²) in [6.45, 7) is 2.19. The van der Waals surface area contributed by atoms with E-state index in [1.54, 1.807) is 0 Å². The molecule has 0 bridgehead atoms. The summed E-state index contributed by atoms with van der Waals surface area (Å²) in [7, 11) is 0. The third-order valence-electron chi connectivity index (χ3n) is 3.16. The summed E-state index contributed by atoms with van der Waals surface area (Å²) in [5, 5.41) is 3.34. The first-order chi connectivity index (χ1) is 11.1. The van der Waals surface area contributed by atoms with Gasteiger partial charge in [0.25, 0.3) is 5.91 Å². The van der Waals surface area contributed by atoms with Crippen molar-refractivity contribution >= 4 is 46.1 Å². The number of hydrogen-bond donors (Lipinski definition) is 2. The summed E-state index contributed by atoms with van der Waals surface area (Å²) in [6.07, 6.45) is 0. The van der Waals surface area contributed by atoms with Crippen LogP contribution >= 0.6 is 23.2 Å². The van der Waals surface area contributed by atoms with Crippen LogP contribution in [0, 0.1) is 0 Å². The lowest BCUT2D eigenvalue weighted by molar-refractivity contribution is 0.102. The number of H-pyrrole nitrogens is 1. The van der Waals surface area contributed by atoms with Crippen LogP contribution in [-0.2, 0) is 0 Å². The zero-order valence-corrected chi connectivity index (χ0v) is 13.7. The highest BCUT2D eigenvalue weighted by Gasteiger charge is 2.18. The molecule has 3 aromatic rings. The summed E-state index contributed by atoms with van der Waals surface area (Å²) < 4.78 is 5.46. The van der Waals surface area contributed by atoms with E-state index in [0.717, 1.165) is 11.0 Å². The summed E-state index contributed by atoms with van der Waals surface area (Å²) in [6, 6.07) is 10.5. The van der Waals surface area contributed by atoms with Crippen LogP contribution in [0.15, 0.2) is 36.4 Å². The monoisotopic (exact) mass is 349 g/mol. The quantitative estimate of drug-likeness (QED) is 0.727. The molecule has 118 valence electrons. The molecule has 0 saturated heterocycles. The van der Waals surface area contributed by atoms with Crippen LogP contribution in [0.25, 0.3) is 11.0 Å². The predicted octanol–water partition coefficient (Wildman–Crippen LogP) is 4.52. The summed E-state index contributed by atoms with van der Waals surface area (Å²) >= 11 is 12.1. The van der Waals surface area contributed by atoms with Crippen molar-refractivity contribution in [2.75, 3.05) is 11.9 Å². The zero-order valence-electron chi connectivity index (χ0n) is 12.2. The molecule has 2 N–H and O–H groups in total. The first kappa shape index (κ1) is 15.6. The molecule has 0 aliphatic heterocycles. The highest BCUT2D eigenvalue weighted by Crippen LogP contribution is 2.33. The molecule has 23 heavy (non-hydrogen) atoms. The highest BCUT2D eigenvalue weighted by molar-refractivity contribution is 6.36. The second-order valence-corrected chi connectivity index (χ2v) is 5.60. The van der Waals surface area contributed by atoms with Gasteiger partial charge >= 0.3 is 0 Å². The van der Waals surface area contributed by atoms with Gasteiger partial charge in [0.1, 0.15) is 0 Å². The molecule has 3 rings (SSSR count). The van der Waals surface area contributed by atoms with Crippen LogP contribution in [-0.4, -0.2) is 22.5 Å². The number of amides is 1. The van der Waals surface area contributed by atoms with Crippen molar-refractivity contribution in [1.29, 1.82) is 0 Å². The molecule has 0 atom stereocenters. The van der Waals surface area contributed by atoms with Gasteiger partial charge in [-0.2, -0.15) is 0 Å². The summed E-state index contributed by atoms with van der Waals surface area (Å²) in [4.78, 5) is 19.9. The van der Waals surface area contributed by atoms with Crippen molar-refractivity contribution in [3.8, 4) is 5.75 Å². The number of ether oxygens (including phenoxy) is 1. The molecule has 1 amide bonds. The Balaban J connectivity index is 1.93. The number of nitrogens with zero attached hydrogens (tertiary/aromatic N) is 1. The fraction of sp³-hybridized carbons (Fsp3) is 0.125. The number of fused-ring (bicyclic) bond motifs is 1. The maximum atomic E-state index is 12.5. The minimum absolute atomic E-state index is 0.254. The smallest absolute Gasteiger partial charge is 0.261 e. The Hall–Kier alpha value is -2.24. The van der Waals surface area contributed by atoms with E-state index in [1.165, 1.54) is 12.1 Å². The van der Waals surface area contributed by atoms with E-state index >= 15 is 0 Å². The number of hydrogen-bond acceptors (Lipinski definition) is 3. The Morgan fingerprint density at radius 3 is 2.83 bits per heavy atom. The number of para-hydroxylation sites is 2. The van der Waals surface area contributed by atoms with Gasteiger partial charge in [-0.05, 0) is 31.2 Å². The number of aromatic amines is 1. The van der Waals surface area contributed by atoms with E-state index in [4.69, 9.17) is 27.9 Å². The van der Waals surface area contributed by atoms with Crippen molar-refractivity contribution in [3.05, 3.63) is 52.0 Å². The maximum absolute atomic E-state index is 12.5. The minimum atomic E-state index is -0.406. The number of carbonyl (C=O) groups is 1. The standard InChI is InChI=1S/C16H13Cl2N3O2/c1-2-23-14-10(7-9(17)8-11(14)18)15(22)21-16-19-12-5-3-4-6-13(12)20-16/h3-8H,2H2,1H3,(H2,19,20,21,22). The first-order valence-electron chi connectivity index (χ1n) is 6.96. The Morgan fingerprint density at radius 2 is 2.09 bits per heavy atom. The number of benzene rings is 2. The number of nitrogens with one attached hydrogen (secondary N) is 2. The van der Waals surface area contributed by atoms with Gasteiger partial charge in [-0.15, -0.1) is 0 Å². The Morgan fingerprint density at radius 1 is 1.30 bits per heavy atom. The van der Waals surface area contributed by atoms with E-state index in [9.17, 15) is 4.79 Å². The van der Waals surface area contributed by atoms with E-state index in [0.29, 0.717) is 23.3 Å². The van der Waals surface area contributed by atoms with E-state index in [1.807, 2.05) is 31.2 Å². The van der Waals surface area contributed by atoms with Crippen molar-refractivity contribution in [1.82, 2.24) is 9.97 Å². The third kappa shape index (κ3) is 3.25. The minimum Gasteiger partial charge on any atom is -0.491 e. The molecule has 0 spiro atoms. The SMILES string of the molecule is CCOc1c(Cl)cc(Cl)cc1C(=O)Nc1nc2ccccc2[nH]1. The van der Waals surface area contributed by atoms with Crippen LogP contribution in [0.5, 0.6) is 5.75 Å². The van der Waals surface area contributed by atoms with Gasteiger partial charge in [-0.1, -0.05) is 35.3 Å². The largest absolute Gasteiger partial charge is 0.491 e. The van der Waals surface area contributed by atoms with Gasteiger partial charge in [0, 0.05) is 5.02 Å². The van der Waals surface area contributed by atoms with E-state index in [2.05, 4.69) is 15.3 Å². The molecular formula is C16H13Cl2N3O2. The Kier molecular flexibility index (Phi) is 4.41. The fourth-order valence-electron chi connectivity index (χ4n) is 2.21. The zero-order chi connectivity index (χ0) is 16.4. The van der Waals surface area contributed by atoms with E-state index in [-0.39, 0.29) is 10.6 Å². The van der Waals surface area contributed by atoms with Crippen LogP contribution in [0.4, 0.5) is 5.95 Å². The van der Waals surface area contributed by atoms with Crippen LogP contribution < -0.4 is 10.1 Å². The molecule has 7 heteroatoms.